The van der Waals surface area contributed by atoms with Crippen LogP contribution in [0.25, 0.3) is 10.9 Å². The van der Waals surface area contributed by atoms with Gasteiger partial charge in [-0.2, -0.15) is 13.2 Å². The van der Waals surface area contributed by atoms with Crippen molar-refractivity contribution in [2.45, 2.75) is 6.18 Å². The van der Waals surface area contributed by atoms with Crippen LogP contribution in [0.15, 0.2) is 66.9 Å². The van der Waals surface area contributed by atoms with Crippen LogP contribution in [0.2, 0.25) is 0 Å². The molecular weight excluding hydrogens is 619 g/mol. The number of rotatable bonds is 10. The number of halogens is 3. The van der Waals surface area contributed by atoms with Gasteiger partial charge in [0.05, 0.1) is 36.7 Å². The molecule has 2 aliphatic heterocycles. The van der Waals surface area contributed by atoms with Crippen molar-refractivity contribution in [3.05, 3.63) is 72.4 Å². The lowest BCUT2D eigenvalue weighted by molar-refractivity contribution is -0.137. The quantitative estimate of drug-likeness (QED) is 0.228. The van der Waals surface area contributed by atoms with E-state index in [2.05, 4.69) is 15.2 Å². The van der Waals surface area contributed by atoms with Gasteiger partial charge in [0.25, 0.3) is 5.91 Å². The van der Waals surface area contributed by atoms with Crippen LogP contribution in [0.4, 0.5) is 29.3 Å². The number of carbonyl (C=O) groups excluding carboxylic acids is 2. The van der Waals surface area contributed by atoms with Crippen LogP contribution >= 0.6 is 0 Å². The predicted octanol–water partition coefficient (Wildman–Crippen LogP) is 5.32. The minimum atomic E-state index is -4.69. The molecular formula is C33H32F3N5O6. The third-order valence-corrected chi connectivity index (χ3v) is 7.91. The molecule has 14 heteroatoms. The Balaban J connectivity index is 1.19. The van der Waals surface area contributed by atoms with Gasteiger partial charge in [0.2, 0.25) is 0 Å². The number of nitrogens with one attached hydrogen (secondary N) is 1. The Labute approximate surface area is 268 Å². The van der Waals surface area contributed by atoms with Crippen LogP contribution in [0.3, 0.4) is 0 Å². The highest BCUT2D eigenvalue weighted by Gasteiger charge is 2.40. The number of fused-ring (bicyclic) bond motifs is 1. The van der Waals surface area contributed by atoms with Gasteiger partial charge >= 0.3 is 12.2 Å². The molecule has 47 heavy (non-hydrogen) atoms. The summed E-state index contributed by atoms with van der Waals surface area (Å²) in [5.41, 5.74) is -0.213. The molecule has 2 saturated heterocycles. The van der Waals surface area contributed by atoms with Crippen molar-refractivity contribution in [3.8, 4) is 28.7 Å². The molecule has 2 aliphatic rings. The minimum absolute atomic E-state index is 0.0372. The molecule has 4 aromatic rings. The molecule has 11 nitrogen and oxygen atoms in total. The standard InChI is InChI=1S/C33H32F3N5O6/c1-44-29-18-26-27(19-30(29)45-2)38-8-7-28(26)47-24-5-3-22(4-6-24)41-31(42)20-40(32(41)43)23-15-21(33(34,35)36)16-25(17-23)46-14-13-39-11-9-37-10-12-39/h3-8,15-19,37H,9-14,20H2,1-2H3. The summed E-state index contributed by atoms with van der Waals surface area (Å²) in [7, 11) is 3.05. The van der Waals surface area contributed by atoms with Gasteiger partial charge in [-0.1, -0.05) is 0 Å². The lowest BCUT2D eigenvalue weighted by Crippen LogP contribution is -2.44. The number of methoxy groups -OCH3 is 2. The topological polar surface area (TPSA) is 106 Å². The maximum absolute atomic E-state index is 13.8. The fourth-order valence-corrected chi connectivity index (χ4v) is 5.50. The summed E-state index contributed by atoms with van der Waals surface area (Å²) >= 11 is 0. The summed E-state index contributed by atoms with van der Waals surface area (Å²) in [5.74, 6) is 1.28. The van der Waals surface area contributed by atoms with Gasteiger partial charge in [-0.15, -0.1) is 0 Å². The van der Waals surface area contributed by atoms with Crippen molar-refractivity contribution in [3.63, 3.8) is 0 Å². The second-order valence-electron chi connectivity index (χ2n) is 10.9. The monoisotopic (exact) mass is 651 g/mol. The fourth-order valence-electron chi connectivity index (χ4n) is 5.50. The molecule has 3 heterocycles. The SMILES string of the molecule is COc1cc2nccc(Oc3ccc(N4C(=O)CN(c5cc(OCCN6CCNCC6)cc(C(F)(F)F)c5)C4=O)cc3)c2cc1OC. The molecule has 0 bridgehead atoms. The van der Waals surface area contributed by atoms with E-state index >= 15 is 0 Å². The molecule has 0 unspecified atom stereocenters. The molecule has 0 aliphatic carbocycles. The number of hydrogen-bond donors (Lipinski definition) is 1. The van der Waals surface area contributed by atoms with Crippen molar-refractivity contribution in [2.24, 2.45) is 0 Å². The van der Waals surface area contributed by atoms with E-state index in [1.165, 1.54) is 32.4 Å². The average molecular weight is 652 g/mol. The number of hydrogen-bond acceptors (Lipinski definition) is 9. The van der Waals surface area contributed by atoms with Crippen molar-refractivity contribution < 1.29 is 41.7 Å². The van der Waals surface area contributed by atoms with E-state index in [4.69, 9.17) is 18.9 Å². The number of piperazine rings is 1. The number of anilines is 2. The van der Waals surface area contributed by atoms with E-state index in [9.17, 15) is 22.8 Å². The first-order valence-corrected chi connectivity index (χ1v) is 14.9. The first kappa shape index (κ1) is 31.9. The number of benzene rings is 3. The van der Waals surface area contributed by atoms with Gasteiger partial charge < -0.3 is 24.3 Å². The maximum Gasteiger partial charge on any atom is 0.416 e. The Morgan fingerprint density at radius 1 is 0.851 bits per heavy atom. The normalized spacial score (nSPS) is 15.8. The summed E-state index contributed by atoms with van der Waals surface area (Å²) in [6.45, 7) is 3.57. The van der Waals surface area contributed by atoms with E-state index in [-0.39, 0.29) is 23.7 Å². The third-order valence-electron chi connectivity index (χ3n) is 7.91. The lowest BCUT2D eigenvalue weighted by atomic mass is 10.1. The molecule has 2 fully saturated rings. The highest BCUT2D eigenvalue weighted by Crippen LogP contribution is 2.39. The second kappa shape index (κ2) is 13.3. The number of pyridine rings is 1. The lowest BCUT2D eigenvalue weighted by Gasteiger charge is -2.27. The highest BCUT2D eigenvalue weighted by molar-refractivity contribution is 6.27. The average Bonchev–Trinajstić information content (AvgIpc) is 3.37. The van der Waals surface area contributed by atoms with Crippen LogP contribution in [-0.4, -0.2) is 81.9 Å². The smallest absolute Gasteiger partial charge is 0.416 e. The number of imide groups is 1. The van der Waals surface area contributed by atoms with Crippen molar-refractivity contribution in [2.75, 3.05) is 69.9 Å². The Hall–Kier alpha value is -5.08. The van der Waals surface area contributed by atoms with E-state index < -0.39 is 30.2 Å². The maximum atomic E-state index is 13.8. The Kier molecular flexibility index (Phi) is 9.05. The van der Waals surface area contributed by atoms with E-state index in [1.54, 1.807) is 36.5 Å². The number of aromatic nitrogens is 1. The first-order valence-electron chi connectivity index (χ1n) is 14.9. The predicted molar refractivity (Wildman–Crippen MR) is 168 cm³/mol. The van der Waals surface area contributed by atoms with Gasteiger partial charge in [0.15, 0.2) is 11.5 Å². The van der Waals surface area contributed by atoms with Crippen molar-refractivity contribution >= 4 is 34.2 Å². The van der Waals surface area contributed by atoms with Gasteiger partial charge in [-0.25, -0.2) is 9.69 Å². The van der Waals surface area contributed by atoms with Crippen LogP contribution < -0.4 is 34.1 Å². The molecule has 0 atom stereocenters. The van der Waals surface area contributed by atoms with Gasteiger partial charge in [0, 0.05) is 56.4 Å². The largest absolute Gasteiger partial charge is 0.493 e. The number of nitrogens with zero attached hydrogens (tertiary/aromatic N) is 4. The number of urea groups is 1. The molecule has 0 radical (unpaired) electrons. The summed E-state index contributed by atoms with van der Waals surface area (Å²) in [6, 6.07) is 13.7. The summed E-state index contributed by atoms with van der Waals surface area (Å²) in [5, 5.41) is 3.91. The van der Waals surface area contributed by atoms with E-state index in [0.29, 0.717) is 40.4 Å². The number of alkyl halides is 3. The molecule has 1 aromatic heterocycles. The highest BCUT2D eigenvalue weighted by atomic mass is 19.4. The number of amides is 3. The molecule has 1 N–H and O–H groups in total. The second-order valence-corrected chi connectivity index (χ2v) is 10.9. The third kappa shape index (κ3) is 6.88. The molecule has 0 spiro atoms. The Morgan fingerprint density at radius 3 is 2.28 bits per heavy atom. The summed E-state index contributed by atoms with van der Waals surface area (Å²) in [6.07, 6.45) is -3.10. The number of carbonyl (C=O) groups is 2. The Morgan fingerprint density at radius 2 is 1.57 bits per heavy atom. The van der Waals surface area contributed by atoms with Crippen LogP contribution in [0, 0.1) is 0 Å². The van der Waals surface area contributed by atoms with Gasteiger partial charge in [-0.05, 0) is 48.5 Å². The Bertz CT molecular complexity index is 1780. The van der Waals surface area contributed by atoms with Gasteiger partial charge in [-0.3, -0.25) is 19.6 Å². The fraction of sp³-hybridized carbons (Fsp3) is 0.303. The minimum Gasteiger partial charge on any atom is -0.493 e. The van der Waals surface area contributed by atoms with Crippen LogP contribution in [0.1, 0.15) is 5.56 Å². The molecule has 6 rings (SSSR count). The summed E-state index contributed by atoms with van der Waals surface area (Å²) < 4.78 is 64.1. The van der Waals surface area contributed by atoms with Gasteiger partial charge in [0.1, 0.15) is 30.4 Å². The van der Waals surface area contributed by atoms with E-state index in [0.717, 1.165) is 48.1 Å². The van der Waals surface area contributed by atoms with Crippen molar-refractivity contribution in [1.29, 1.82) is 0 Å². The first-order chi connectivity index (χ1) is 22.6. The van der Waals surface area contributed by atoms with Crippen LogP contribution in [0.5, 0.6) is 28.7 Å². The molecule has 0 saturated carbocycles. The molecule has 3 amide bonds. The molecule has 3 aromatic carbocycles. The zero-order valence-electron chi connectivity index (χ0n) is 25.7. The van der Waals surface area contributed by atoms with E-state index in [1.807, 2.05) is 0 Å². The summed E-state index contributed by atoms with van der Waals surface area (Å²) in [4.78, 5) is 35.0. The van der Waals surface area contributed by atoms with Crippen LogP contribution in [-0.2, 0) is 11.0 Å². The zero-order chi connectivity index (χ0) is 33.1. The van der Waals surface area contributed by atoms with Crippen molar-refractivity contribution in [1.82, 2.24) is 15.2 Å². The molecule has 246 valence electrons. The zero-order valence-corrected chi connectivity index (χ0v) is 25.7. The number of ether oxygens (including phenoxy) is 4.